The number of rotatable bonds is 7. The average Bonchev–Trinajstić information content (AvgIpc) is 3.48. The van der Waals surface area contributed by atoms with Gasteiger partial charge in [0.05, 0.1) is 19.0 Å². The summed E-state index contributed by atoms with van der Waals surface area (Å²) in [4.78, 5) is 11.4. The number of hydrogen-bond donors (Lipinski definition) is 2. The molecule has 1 saturated heterocycles. The van der Waals surface area contributed by atoms with Crippen LogP contribution in [0.1, 0.15) is 24.8 Å². The number of hydrogen-bond acceptors (Lipinski definition) is 5. The lowest BCUT2D eigenvalue weighted by Crippen LogP contribution is -2.44. The summed E-state index contributed by atoms with van der Waals surface area (Å²) < 4.78 is 11.4. The molecule has 32 heavy (non-hydrogen) atoms. The Labute approximate surface area is 189 Å². The predicted octanol–water partition coefficient (Wildman–Crippen LogP) is 3.99. The zero-order valence-corrected chi connectivity index (χ0v) is 19.0. The molecule has 2 heterocycles. The Morgan fingerprint density at radius 3 is 2.81 bits per heavy atom. The third kappa shape index (κ3) is 5.22. The van der Waals surface area contributed by atoms with Crippen molar-refractivity contribution in [2.45, 2.75) is 32.9 Å². The highest BCUT2D eigenvalue weighted by molar-refractivity contribution is 5.80. The fourth-order valence-electron chi connectivity index (χ4n) is 3.88. The molecule has 2 aromatic carbocycles. The maximum atomic E-state index is 5.91. The van der Waals surface area contributed by atoms with Crippen LogP contribution in [0.15, 0.2) is 64.1 Å². The molecular formula is C25H31N5O2. The lowest BCUT2D eigenvalue weighted by atomic mass is 10.1. The second-order valence-electron chi connectivity index (χ2n) is 7.93. The number of nitrogens with one attached hydrogen (secondary N) is 2. The van der Waals surface area contributed by atoms with Gasteiger partial charge < -0.3 is 24.7 Å². The summed E-state index contributed by atoms with van der Waals surface area (Å²) in [7, 11) is 1.72. The topological polar surface area (TPSA) is 74.9 Å². The van der Waals surface area contributed by atoms with E-state index in [1.54, 1.807) is 13.3 Å². The number of nitrogens with zero attached hydrogens (tertiary/aromatic N) is 3. The summed E-state index contributed by atoms with van der Waals surface area (Å²) in [6.45, 7) is 7.16. The van der Waals surface area contributed by atoms with Crippen LogP contribution in [0.3, 0.4) is 0 Å². The highest BCUT2D eigenvalue weighted by Gasteiger charge is 2.25. The van der Waals surface area contributed by atoms with E-state index in [1.807, 2.05) is 30.3 Å². The van der Waals surface area contributed by atoms with Gasteiger partial charge in [0, 0.05) is 31.2 Å². The van der Waals surface area contributed by atoms with Crippen LogP contribution < -0.4 is 20.3 Å². The maximum Gasteiger partial charge on any atom is 0.216 e. The van der Waals surface area contributed by atoms with Crippen LogP contribution in [0.5, 0.6) is 5.75 Å². The van der Waals surface area contributed by atoms with Crippen molar-refractivity contribution in [1.29, 1.82) is 0 Å². The van der Waals surface area contributed by atoms with Gasteiger partial charge in [-0.3, -0.25) is 0 Å². The van der Waals surface area contributed by atoms with Gasteiger partial charge in [-0.15, -0.1) is 0 Å². The van der Waals surface area contributed by atoms with Gasteiger partial charge in [-0.1, -0.05) is 42.0 Å². The van der Waals surface area contributed by atoms with Crippen LogP contribution in [-0.4, -0.2) is 43.7 Å². The Kier molecular flexibility index (Phi) is 6.94. The number of ether oxygens (including phenoxy) is 1. The molecule has 2 N–H and O–H groups in total. The zero-order chi connectivity index (χ0) is 22.3. The lowest BCUT2D eigenvalue weighted by Gasteiger charge is -2.22. The molecule has 1 fully saturated rings. The first kappa shape index (κ1) is 21.7. The number of aliphatic imine (C=N–C) groups is 1. The van der Waals surface area contributed by atoms with Gasteiger partial charge in [0.1, 0.15) is 12.3 Å². The van der Waals surface area contributed by atoms with Gasteiger partial charge in [-0.05, 0) is 32.4 Å². The molecule has 0 aliphatic carbocycles. The lowest BCUT2D eigenvalue weighted by molar-refractivity contribution is 0.415. The molecule has 168 valence electrons. The molecule has 1 atom stereocenters. The summed E-state index contributed by atoms with van der Waals surface area (Å²) in [6, 6.07) is 16.7. The molecule has 7 heteroatoms. The summed E-state index contributed by atoms with van der Waals surface area (Å²) in [5, 5.41) is 6.88. The number of guanidine groups is 1. The van der Waals surface area contributed by atoms with Crippen LogP contribution in [0.2, 0.25) is 0 Å². The van der Waals surface area contributed by atoms with Crippen molar-refractivity contribution in [2.75, 3.05) is 31.6 Å². The molecule has 0 radical (unpaired) electrons. The van der Waals surface area contributed by atoms with E-state index in [0.717, 1.165) is 54.8 Å². The highest BCUT2D eigenvalue weighted by atomic mass is 16.5. The van der Waals surface area contributed by atoms with Gasteiger partial charge in [-0.2, -0.15) is 0 Å². The molecule has 1 aromatic heterocycles. The van der Waals surface area contributed by atoms with Crippen molar-refractivity contribution in [3.05, 3.63) is 66.2 Å². The monoisotopic (exact) mass is 433 g/mol. The van der Waals surface area contributed by atoms with E-state index in [2.05, 4.69) is 52.6 Å². The quantitative estimate of drug-likeness (QED) is 0.433. The summed E-state index contributed by atoms with van der Waals surface area (Å²) >= 11 is 0. The van der Waals surface area contributed by atoms with Crippen molar-refractivity contribution < 1.29 is 9.15 Å². The molecule has 1 aliphatic rings. The zero-order valence-electron chi connectivity index (χ0n) is 19.0. The number of aromatic nitrogens is 1. The summed E-state index contributed by atoms with van der Waals surface area (Å²) in [5.74, 6) is 3.03. The molecular weight excluding hydrogens is 402 g/mol. The normalized spacial score (nSPS) is 16.3. The summed E-state index contributed by atoms with van der Waals surface area (Å²) in [6.07, 6.45) is 2.79. The smallest absolute Gasteiger partial charge is 0.216 e. The fraction of sp³-hybridized carbons (Fsp3) is 0.360. The van der Waals surface area contributed by atoms with E-state index in [-0.39, 0.29) is 0 Å². The molecule has 7 nitrogen and oxygen atoms in total. The van der Waals surface area contributed by atoms with E-state index in [1.165, 1.54) is 5.56 Å². The second kappa shape index (κ2) is 10.2. The molecule has 3 aromatic rings. The van der Waals surface area contributed by atoms with Crippen molar-refractivity contribution in [2.24, 2.45) is 4.99 Å². The van der Waals surface area contributed by atoms with Gasteiger partial charge >= 0.3 is 0 Å². The molecule has 0 amide bonds. The number of aryl methyl sites for hydroxylation is 1. The minimum Gasteiger partial charge on any atom is -0.495 e. The van der Waals surface area contributed by atoms with E-state index in [4.69, 9.17) is 14.1 Å². The Bertz CT molecular complexity index is 1040. The van der Waals surface area contributed by atoms with Crippen molar-refractivity contribution >= 4 is 11.6 Å². The first-order valence-electron chi connectivity index (χ1n) is 11.1. The fourth-order valence-corrected chi connectivity index (χ4v) is 3.88. The van der Waals surface area contributed by atoms with Crippen LogP contribution in [-0.2, 0) is 6.54 Å². The first-order chi connectivity index (χ1) is 15.7. The molecule has 0 bridgehead atoms. The van der Waals surface area contributed by atoms with Crippen molar-refractivity contribution in [1.82, 2.24) is 15.6 Å². The first-order valence-corrected chi connectivity index (χ1v) is 11.1. The van der Waals surface area contributed by atoms with Gasteiger partial charge in [-0.25, -0.2) is 9.98 Å². The van der Waals surface area contributed by atoms with Crippen LogP contribution in [0.25, 0.3) is 11.3 Å². The van der Waals surface area contributed by atoms with Gasteiger partial charge in [0.2, 0.25) is 5.89 Å². The molecule has 1 unspecified atom stereocenters. The second-order valence-corrected chi connectivity index (χ2v) is 7.93. The van der Waals surface area contributed by atoms with E-state index < -0.39 is 0 Å². The number of oxazole rings is 1. The van der Waals surface area contributed by atoms with Crippen LogP contribution in [0, 0.1) is 6.92 Å². The molecule has 4 rings (SSSR count). The third-order valence-corrected chi connectivity index (χ3v) is 5.56. The molecule has 0 spiro atoms. The minimum absolute atomic E-state index is 0.297. The number of anilines is 1. The Balaban J connectivity index is 1.38. The average molecular weight is 434 g/mol. The Morgan fingerprint density at radius 1 is 1.22 bits per heavy atom. The third-order valence-electron chi connectivity index (χ3n) is 5.56. The number of benzene rings is 2. The minimum atomic E-state index is 0.297. The molecule has 0 saturated carbocycles. The standard InChI is InChI=1S/C25H31N5O2/c1-4-26-25(28-16-24-27-15-23(32-24)19-11-9-18(2)10-12-19)29-20-13-14-30(17-20)21-7-5-6-8-22(21)31-3/h5-12,15,20H,4,13-14,16-17H2,1-3H3,(H2,26,28,29). The number of para-hydroxylation sites is 2. The highest BCUT2D eigenvalue weighted by Crippen LogP contribution is 2.30. The van der Waals surface area contributed by atoms with E-state index in [0.29, 0.717) is 18.5 Å². The summed E-state index contributed by atoms with van der Waals surface area (Å²) in [5.41, 5.74) is 3.37. The van der Waals surface area contributed by atoms with Gasteiger partial charge in [0.15, 0.2) is 11.7 Å². The van der Waals surface area contributed by atoms with E-state index >= 15 is 0 Å². The van der Waals surface area contributed by atoms with Crippen LogP contribution in [0.4, 0.5) is 5.69 Å². The Hall–Kier alpha value is -3.48. The van der Waals surface area contributed by atoms with E-state index in [9.17, 15) is 0 Å². The van der Waals surface area contributed by atoms with Crippen molar-refractivity contribution in [3.63, 3.8) is 0 Å². The van der Waals surface area contributed by atoms with Gasteiger partial charge in [0.25, 0.3) is 0 Å². The Morgan fingerprint density at radius 2 is 2.03 bits per heavy atom. The number of methoxy groups -OCH3 is 1. The SMILES string of the molecule is CCNC(=NCc1ncc(-c2ccc(C)cc2)o1)NC1CCN(c2ccccc2OC)C1. The molecule has 1 aliphatic heterocycles. The maximum absolute atomic E-state index is 5.91. The largest absolute Gasteiger partial charge is 0.495 e. The van der Waals surface area contributed by atoms with Crippen LogP contribution >= 0.6 is 0 Å². The predicted molar refractivity (Wildman–Crippen MR) is 128 cm³/mol. The van der Waals surface area contributed by atoms with Crippen molar-refractivity contribution in [3.8, 4) is 17.1 Å².